The first kappa shape index (κ1) is 10.5. The minimum Gasteiger partial charge on any atom is -0.206 e. The monoisotopic (exact) mass is 221 g/mol. The Kier molecular flexibility index (Phi) is 2.45. The van der Waals surface area contributed by atoms with Gasteiger partial charge in [-0.2, -0.15) is 0 Å². The van der Waals surface area contributed by atoms with Crippen molar-refractivity contribution >= 4 is 23.3 Å². The molecule has 0 saturated heterocycles. The van der Waals surface area contributed by atoms with E-state index < -0.39 is 0 Å². The van der Waals surface area contributed by atoms with Crippen molar-refractivity contribution in [1.29, 1.82) is 0 Å². The van der Waals surface area contributed by atoms with E-state index in [1.54, 1.807) is 11.5 Å². The molecule has 0 fully saturated rings. The van der Waals surface area contributed by atoms with Crippen molar-refractivity contribution < 1.29 is 4.39 Å². The molecule has 3 heteroatoms. The van der Waals surface area contributed by atoms with E-state index in [1.165, 1.54) is 11.8 Å². The topological polar surface area (TPSA) is 12.4 Å². The molecule has 0 atom stereocenters. The van der Waals surface area contributed by atoms with E-state index in [0.717, 1.165) is 5.56 Å². The summed E-state index contributed by atoms with van der Waals surface area (Å²) in [7, 11) is 0. The SMILES string of the molecule is CC(C)(C)c1cc(F)c2c(c1)N=C=CS2. The van der Waals surface area contributed by atoms with Crippen LogP contribution in [-0.2, 0) is 5.41 Å². The first-order chi connectivity index (χ1) is 6.98. The van der Waals surface area contributed by atoms with E-state index in [2.05, 4.69) is 31.6 Å². The second kappa shape index (κ2) is 3.51. The first-order valence-corrected chi connectivity index (χ1v) is 5.65. The normalized spacial score (nSPS) is 14.1. The Labute approximate surface area is 93.1 Å². The van der Waals surface area contributed by atoms with Crippen molar-refractivity contribution in [2.45, 2.75) is 31.1 Å². The van der Waals surface area contributed by atoms with Crippen LogP contribution in [0, 0.1) is 5.82 Å². The summed E-state index contributed by atoms with van der Waals surface area (Å²) in [5.74, 6) is 2.55. The zero-order chi connectivity index (χ0) is 11.1. The summed E-state index contributed by atoms with van der Waals surface area (Å²) >= 11 is 1.33. The highest BCUT2D eigenvalue weighted by Crippen LogP contribution is 2.38. The third-order valence-electron chi connectivity index (χ3n) is 2.30. The quantitative estimate of drug-likeness (QED) is 0.644. The number of rotatable bonds is 0. The van der Waals surface area contributed by atoms with Gasteiger partial charge in [-0.15, -0.1) is 0 Å². The van der Waals surface area contributed by atoms with E-state index in [4.69, 9.17) is 0 Å². The van der Waals surface area contributed by atoms with E-state index in [0.29, 0.717) is 10.6 Å². The molecule has 0 saturated carbocycles. The fourth-order valence-electron chi connectivity index (χ4n) is 1.39. The minimum absolute atomic E-state index is 0.0583. The average molecular weight is 221 g/mol. The van der Waals surface area contributed by atoms with Crippen LogP contribution >= 0.6 is 11.8 Å². The molecule has 0 N–H and O–H groups in total. The third kappa shape index (κ3) is 1.99. The highest BCUT2D eigenvalue weighted by molar-refractivity contribution is 8.02. The maximum absolute atomic E-state index is 13.7. The van der Waals surface area contributed by atoms with Crippen LogP contribution in [0.3, 0.4) is 0 Å². The van der Waals surface area contributed by atoms with Crippen LogP contribution in [0.5, 0.6) is 0 Å². The van der Waals surface area contributed by atoms with Crippen LogP contribution in [0.2, 0.25) is 0 Å². The number of nitrogens with zero attached hydrogens (tertiary/aromatic N) is 1. The Morgan fingerprint density at radius 3 is 2.73 bits per heavy atom. The molecule has 0 aromatic heterocycles. The van der Waals surface area contributed by atoms with E-state index >= 15 is 0 Å². The second-order valence-electron chi connectivity index (χ2n) is 4.53. The molecule has 0 amide bonds. The van der Waals surface area contributed by atoms with Crippen LogP contribution in [-0.4, -0.2) is 5.87 Å². The van der Waals surface area contributed by atoms with Crippen LogP contribution in [0.1, 0.15) is 26.3 Å². The maximum atomic E-state index is 13.7. The molecule has 0 spiro atoms. The first-order valence-electron chi connectivity index (χ1n) is 4.77. The van der Waals surface area contributed by atoms with Gasteiger partial charge in [-0.25, -0.2) is 9.38 Å². The molecular formula is C12H12FNS. The molecule has 1 aliphatic heterocycles. The molecule has 0 unspecified atom stereocenters. The van der Waals surface area contributed by atoms with Crippen LogP contribution in [0.15, 0.2) is 27.4 Å². The Balaban J connectivity index is 2.61. The van der Waals surface area contributed by atoms with Crippen molar-refractivity contribution in [3.63, 3.8) is 0 Å². The Bertz CT molecular complexity index is 465. The third-order valence-corrected chi connectivity index (χ3v) is 3.17. The Morgan fingerprint density at radius 1 is 1.33 bits per heavy atom. The van der Waals surface area contributed by atoms with Crippen molar-refractivity contribution in [3.05, 3.63) is 28.9 Å². The Morgan fingerprint density at radius 2 is 2.07 bits per heavy atom. The fourth-order valence-corrected chi connectivity index (χ4v) is 2.01. The molecule has 0 radical (unpaired) electrons. The van der Waals surface area contributed by atoms with Gasteiger partial charge in [-0.3, -0.25) is 0 Å². The maximum Gasteiger partial charge on any atom is 0.139 e. The molecular weight excluding hydrogens is 209 g/mol. The summed E-state index contributed by atoms with van der Waals surface area (Å²) < 4.78 is 13.7. The van der Waals surface area contributed by atoms with Crippen molar-refractivity contribution in [2.75, 3.05) is 0 Å². The smallest absolute Gasteiger partial charge is 0.139 e. The van der Waals surface area contributed by atoms with E-state index in [1.807, 2.05) is 6.07 Å². The largest absolute Gasteiger partial charge is 0.206 e. The van der Waals surface area contributed by atoms with Gasteiger partial charge >= 0.3 is 0 Å². The molecule has 0 bridgehead atoms. The summed E-state index contributed by atoms with van der Waals surface area (Å²) in [5, 5.41) is 1.67. The van der Waals surface area contributed by atoms with Gasteiger partial charge in [0.2, 0.25) is 0 Å². The molecule has 1 aromatic carbocycles. The lowest BCUT2D eigenvalue weighted by Gasteiger charge is -2.20. The molecule has 2 rings (SSSR count). The van der Waals surface area contributed by atoms with Gasteiger partial charge in [0.25, 0.3) is 0 Å². The van der Waals surface area contributed by atoms with Crippen molar-refractivity contribution in [1.82, 2.24) is 0 Å². The predicted molar refractivity (Wildman–Crippen MR) is 62.6 cm³/mol. The molecule has 1 heterocycles. The molecule has 1 aliphatic rings. The summed E-state index contributed by atoms with van der Waals surface area (Å²) in [6.07, 6.45) is 0. The number of halogens is 1. The van der Waals surface area contributed by atoms with Gasteiger partial charge < -0.3 is 0 Å². The summed E-state index contributed by atoms with van der Waals surface area (Å²) in [4.78, 5) is 4.66. The second-order valence-corrected chi connectivity index (χ2v) is 5.41. The predicted octanol–water partition coefficient (Wildman–Crippen LogP) is 4.04. The molecule has 15 heavy (non-hydrogen) atoms. The molecule has 1 nitrogen and oxygen atoms in total. The summed E-state index contributed by atoms with van der Waals surface area (Å²) in [6.45, 7) is 6.18. The molecule has 0 aliphatic carbocycles. The zero-order valence-electron chi connectivity index (χ0n) is 8.97. The lowest BCUT2D eigenvalue weighted by atomic mass is 9.87. The van der Waals surface area contributed by atoms with E-state index in [-0.39, 0.29) is 11.2 Å². The standard InChI is InChI=1S/C12H12FNS/c1-12(2,3)8-6-9(13)11-10(7-8)14-4-5-15-11/h5-7H,1-3H3. The van der Waals surface area contributed by atoms with Crippen LogP contribution < -0.4 is 0 Å². The average Bonchev–Trinajstić information content (AvgIpc) is 2.16. The fraction of sp³-hybridized carbons (Fsp3) is 0.333. The lowest BCUT2D eigenvalue weighted by Crippen LogP contribution is -2.11. The van der Waals surface area contributed by atoms with E-state index in [9.17, 15) is 4.39 Å². The number of fused-ring (bicyclic) bond motifs is 1. The summed E-state index contributed by atoms with van der Waals surface area (Å²) in [5.41, 5.74) is 1.59. The number of hydrogen-bond donors (Lipinski definition) is 0. The summed E-state index contributed by atoms with van der Waals surface area (Å²) in [6, 6.07) is 3.53. The van der Waals surface area contributed by atoms with Gasteiger partial charge in [-0.05, 0) is 29.0 Å². The van der Waals surface area contributed by atoms with Gasteiger partial charge in [0.15, 0.2) is 0 Å². The van der Waals surface area contributed by atoms with Crippen molar-refractivity contribution in [2.24, 2.45) is 4.99 Å². The van der Waals surface area contributed by atoms with Crippen LogP contribution in [0.4, 0.5) is 10.1 Å². The highest BCUT2D eigenvalue weighted by atomic mass is 32.2. The van der Waals surface area contributed by atoms with Crippen molar-refractivity contribution in [3.8, 4) is 0 Å². The minimum atomic E-state index is -0.191. The highest BCUT2D eigenvalue weighted by Gasteiger charge is 2.19. The molecule has 1 aromatic rings. The zero-order valence-corrected chi connectivity index (χ0v) is 9.78. The number of aliphatic imine (C=N–C) groups is 1. The van der Waals surface area contributed by atoms with Crippen LogP contribution in [0.25, 0.3) is 0 Å². The van der Waals surface area contributed by atoms with Gasteiger partial charge in [-0.1, -0.05) is 32.5 Å². The van der Waals surface area contributed by atoms with Gasteiger partial charge in [0, 0.05) is 5.41 Å². The Hall–Kier alpha value is -1.05. The molecule has 78 valence electrons. The number of hydrogen-bond acceptors (Lipinski definition) is 2. The number of thioether (sulfide) groups is 1. The lowest BCUT2D eigenvalue weighted by molar-refractivity contribution is 0.562. The number of benzene rings is 1. The van der Waals surface area contributed by atoms with Gasteiger partial charge in [0.05, 0.1) is 10.6 Å². The van der Waals surface area contributed by atoms with Gasteiger partial charge in [0.1, 0.15) is 5.82 Å².